The van der Waals surface area contributed by atoms with Crippen molar-refractivity contribution >= 4 is 28.0 Å². The van der Waals surface area contributed by atoms with Gasteiger partial charge in [-0.25, -0.2) is 9.78 Å². The Morgan fingerprint density at radius 3 is 2.59 bits per heavy atom. The van der Waals surface area contributed by atoms with Crippen molar-refractivity contribution in [1.82, 2.24) is 14.5 Å². The molecule has 7 nitrogen and oxygen atoms in total. The van der Waals surface area contributed by atoms with Gasteiger partial charge in [0.05, 0.1) is 5.69 Å². The van der Waals surface area contributed by atoms with E-state index in [0.29, 0.717) is 23.3 Å². The molecule has 0 saturated carbocycles. The second-order valence-corrected chi connectivity index (χ2v) is 7.22. The number of nitrogen functional groups attached to an aromatic ring is 1. The van der Waals surface area contributed by atoms with Crippen LogP contribution in [0.4, 0.5) is 16.6 Å². The molecule has 0 aliphatic rings. The highest BCUT2D eigenvalue weighted by Gasteiger charge is 2.16. The number of nitrogens with two attached hydrogens (primary N) is 1. The summed E-state index contributed by atoms with van der Waals surface area (Å²) >= 11 is 1.37. The first kappa shape index (κ1) is 18.9. The molecule has 27 heavy (non-hydrogen) atoms. The minimum Gasteiger partial charge on any atom is -0.384 e. The summed E-state index contributed by atoms with van der Waals surface area (Å²) < 4.78 is 1.32. The fourth-order valence-electron chi connectivity index (χ4n) is 2.85. The number of anilines is 3. The third-order valence-electron chi connectivity index (χ3n) is 4.66. The van der Waals surface area contributed by atoms with Gasteiger partial charge >= 0.3 is 5.69 Å². The predicted molar refractivity (Wildman–Crippen MR) is 111 cm³/mol. The summed E-state index contributed by atoms with van der Waals surface area (Å²) in [6.45, 7) is 6.53. The molecule has 0 saturated heterocycles. The molecule has 0 aliphatic carbocycles. The molecule has 0 fully saturated rings. The lowest BCUT2D eigenvalue weighted by Gasteiger charge is -2.10. The van der Waals surface area contributed by atoms with Crippen molar-refractivity contribution < 1.29 is 0 Å². The summed E-state index contributed by atoms with van der Waals surface area (Å²) in [5, 5.41) is 5.64. The highest BCUT2D eigenvalue weighted by Crippen LogP contribution is 2.28. The molecule has 8 heteroatoms. The van der Waals surface area contributed by atoms with Gasteiger partial charge < -0.3 is 11.1 Å². The molecule has 1 aromatic carbocycles. The van der Waals surface area contributed by atoms with Crippen molar-refractivity contribution in [1.29, 1.82) is 0 Å². The average Bonchev–Trinajstić information content (AvgIpc) is 3.09. The van der Waals surface area contributed by atoms with E-state index in [4.69, 9.17) is 5.73 Å². The maximum Gasteiger partial charge on any atom is 0.329 e. The van der Waals surface area contributed by atoms with Crippen molar-refractivity contribution in [2.75, 3.05) is 11.1 Å². The minimum atomic E-state index is -0.531. The fourth-order valence-corrected chi connectivity index (χ4v) is 3.57. The van der Waals surface area contributed by atoms with Gasteiger partial charge in [-0.3, -0.25) is 14.3 Å². The Kier molecular flexibility index (Phi) is 5.46. The molecule has 3 rings (SSSR count). The van der Waals surface area contributed by atoms with Crippen LogP contribution in [-0.2, 0) is 6.54 Å². The number of hydrogen-bond donors (Lipinski definition) is 3. The van der Waals surface area contributed by atoms with Crippen LogP contribution in [0.2, 0.25) is 0 Å². The van der Waals surface area contributed by atoms with Gasteiger partial charge in [0.2, 0.25) is 0 Å². The van der Waals surface area contributed by atoms with E-state index in [1.54, 1.807) is 12.3 Å². The van der Waals surface area contributed by atoms with E-state index in [1.807, 2.05) is 12.1 Å². The van der Waals surface area contributed by atoms with Crippen LogP contribution in [0.5, 0.6) is 0 Å². The van der Waals surface area contributed by atoms with E-state index in [9.17, 15) is 9.59 Å². The molecule has 0 bridgehead atoms. The minimum absolute atomic E-state index is 0.126. The summed E-state index contributed by atoms with van der Waals surface area (Å²) in [5.41, 5.74) is 7.86. The standard InChI is InChI=1S/C19H23N5O2S/c1-4-11(3)12-6-8-13(9-7-12)21-18-22-14(10-27-18)15-16(20)24(5-2)19(26)23-17(15)25/h6-11H,4-5,20H2,1-3H3,(H,21,22)(H,23,25,26)/t11-/m0/s1. The molecule has 0 amide bonds. The Hall–Kier alpha value is -2.87. The molecular formula is C19H23N5O2S. The van der Waals surface area contributed by atoms with Crippen molar-refractivity contribution in [3.8, 4) is 11.3 Å². The van der Waals surface area contributed by atoms with Gasteiger partial charge in [0, 0.05) is 17.6 Å². The highest BCUT2D eigenvalue weighted by atomic mass is 32.1. The quantitative estimate of drug-likeness (QED) is 0.602. The first-order valence-electron chi connectivity index (χ1n) is 8.90. The Morgan fingerprint density at radius 2 is 1.96 bits per heavy atom. The van der Waals surface area contributed by atoms with E-state index >= 15 is 0 Å². The van der Waals surface area contributed by atoms with Gasteiger partial charge in [-0.2, -0.15) is 0 Å². The first-order valence-corrected chi connectivity index (χ1v) is 9.78. The molecular weight excluding hydrogens is 362 g/mol. The molecule has 0 radical (unpaired) electrons. The van der Waals surface area contributed by atoms with E-state index in [2.05, 4.69) is 41.3 Å². The van der Waals surface area contributed by atoms with Gasteiger partial charge in [-0.15, -0.1) is 11.3 Å². The summed E-state index contributed by atoms with van der Waals surface area (Å²) in [6.07, 6.45) is 1.10. The van der Waals surface area contributed by atoms with Gasteiger partial charge in [0.15, 0.2) is 5.13 Å². The second kappa shape index (κ2) is 7.79. The number of hydrogen-bond acceptors (Lipinski definition) is 6. The van der Waals surface area contributed by atoms with E-state index in [1.165, 1.54) is 21.5 Å². The molecule has 2 heterocycles. The van der Waals surface area contributed by atoms with Crippen molar-refractivity contribution in [2.24, 2.45) is 0 Å². The molecule has 0 aliphatic heterocycles. The van der Waals surface area contributed by atoms with Crippen LogP contribution in [0.1, 0.15) is 38.7 Å². The third kappa shape index (κ3) is 3.80. The van der Waals surface area contributed by atoms with Crippen LogP contribution in [0, 0.1) is 0 Å². The predicted octanol–water partition coefficient (Wildman–Crippen LogP) is 3.52. The van der Waals surface area contributed by atoms with Crippen molar-refractivity contribution in [3.63, 3.8) is 0 Å². The molecule has 142 valence electrons. The monoisotopic (exact) mass is 385 g/mol. The topological polar surface area (TPSA) is 106 Å². The van der Waals surface area contributed by atoms with Crippen LogP contribution in [0.15, 0.2) is 39.2 Å². The number of nitrogens with one attached hydrogen (secondary N) is 2. The Bertz CT molecular complexity index is 1050. The normalized spacial score (nSPS) is 12.1. The average molecular weight is 385 g/mol. The molecule has 0 spiro atoms. The first-order chi connectivity index (χ1) is 12.9. The largest absolute Gasteiger partial charge is 0.384 e. The van der Waals surface area contributed by atoms with Crippen LogP contribution < -0.4 is 22.3 Å². The van der Waals surface area contributed by atoms with Gasteiger partial charge in [-0.05, 0) is 37.0 Å². The lowest BCUT2D eigenvalue weighted by atomic mass is 9.99. The Morgan fingerprint density at radius 1 is 1.26 bits per heavy atom. The zero-order valence-corrected chi connectivity index (χ0v) is 16.4. The lowest BCUT2D eigenvalue weighted by molar-refractivity contribution is 0.706. The number of H-pyrrole nitrogens is 1. The maximum atomic E-state index is 12.2. The Balaban J connectivity index is 1.88. The number of rotatable bonds is 6. The number of nitrogens with zero attached hydrogens (tertiary/aromatic N) is 2. The molecule has 4 N–H and O–H groups in total. The smallest absolute Gasteiger partial charge is 0.329 e. The summed E-state index contributed by atoms with van der Waals surface area (Å²) in [6, 6.07) is 8.23. The van der Waals surface area contributed by atoms with Crippen LogP contribution in [0.25, 0.3) is 11.3 Å². The SMILES string of the molecule is CC[C@H](C)c1ccc(Nc2nc(-c3c(N)n(CC)c(=O)[nH]c3=O)cs2)cc1. The fraction of sp³-hybridized carbons (Fsp3) is 0.316. The zero-order chi connectivity index (χ0) is 19.6. The number of benzene rings is 1. The molecule has 1 atom stereocenters. The van der Waals surface area contributed by atoms with Crippen molar-refractivity contribution in [2.45, 2.75) is 39.7 Å². The third-order valence-corrected chi connectivity index (χ3v) is 5.42. The summed E-state index contributed by atoms with van der Waals surface area (Å²) in [7, 11) is 0. The van der Waals surface area contributed by atoms with Crippen molar-refractivity contribution in [3.05, 3.63) is 56.0 Å². The Labute approximate surface area is 160 Å². The number of aromatic nitrogens is 3. The molecule has 0 unspecified atom stereocenters. The highest BCUT2D eigenvalue weighted by molar-refractivity contribution is 7.14. The van der Waals surface area contributed by atoms with E-state index < -0.39 is 11.2 Å². The maximum absolute atomic E-state index is 12.2. The van der Waals surface area contributed by atoms with Gasteiger partial charge in [-0.1, -0.05) is 26.0 Å². The molecule has 2 aromatic heterocycles. The van der Waals surface area contributed by atoms with E-state index in [0.717, 1.165) is 12.1 Å². The van der Waals surface area contributed by atoms with Crippen LogP contribution >= 0.6 is 11.3 Å². The van der Waals surface area contributed by atoms with Gasteiger partial charge in [0.25, 0.3) is 5.56 Å². The molecule has 3 aromatic rings. The summed E-state index contributed by atoms with van der Waals surface area (Å²) in [5.74, 6) is 0.649. The number of aromatic amines is 1. The van der Waals surface area contributed by atoms with Gasteiger partial charge in [0.1, 0.15) is 11.4 Å². The van der Waals surface area contributed by atoms with E-state index in [-0.39, 0.29) is 11.4 Å². The lowest BCUT2D eigenvalue weighted by Crippen LogP contribution is -2.32. The second-order valence-electron chi connectivity index (χ2n) is 6.36. The number of thiazole rings is 1. The van der Waals surface area contributed by atoms with Crippen LogP contribution in [-0.4, -0.2) is 14.5 Å². The summed E-state index contributed by atoms with van der Waals surface area (Å²) in [4.78, 5) is 30.8. The zero-order valence-electron chi connectivity index (χ0n) is 15.6. The van der Waals surface area contributed by atoms with Crippen LogP contribution in [0.3, 0.4) is 0 Å².